The van der Waals surface area contributed by atoms with E-state index >= 15 is 0 Å². The van der Waals surface area contributed by atoms with Crippen molar-refractivity contribution in [2.45, 2.75) is 6.92 Å². The normalized spacial score (nSPS) is 12.9. The molecular weight excluding hydrogens is 178 g/mol. The van der Waals surface area contributed by atoms with Gasteiger partial charge in [0.05, 0.1) is 6.61 Å². The van der Waals surface area contributed by atoms with Crippen LogP contribution in [-0.4, -0.2) is 11.5 Å². The lowest BCUT2D eigenvalue weighted by Gasteiger charge is -2.08. The molecule has 1 rings (SSSR count). The number of benzene rings is 1. The number of halogens is 1. The fourth-order valence-electron chi connectivity index (χ4n) is 0.765. The van der Waals surface area contributed by atoms with Gasteiger partial charge in [-0.05, 0) is 31.2 Å². The molecule has 0 fully saturated rings. The molecule has 0 spiro atoms. The van der Waals surface area contributed by atoms with Crippen molar-refractivity contribution in [1.82, 2.24) is 0 Å². The topological polar surface area (TPSA) is 29.5 Å². The minimum absolute atomic E-state index is 0.307. The third-order valence-electron chi connectivity index (χ3n) is 1.30. The quantitative estimate of drug-likeness (QED) is 0.733. The van der Waals surface area contributed by atoms with E-state index in [-0.39, 0.29) is 5.82 Å². The van der Waals surface area contributed by atoms with E-state index in [4.69, 9.17) is 4.52 Å². The van der Waals surface area contributed by atoms with Crippen molar-refractivity contribution >= 4 is 13.7 Å². The molecule has 1 atom stereocenters. The van der Waals surface area contributed by atoms with Gasteiger partial charge >= 0.3 is 0 Å². The molecule has 1 aromatic rings. The van der Waals surface area contributed by atoms with Crippen LogP contribution in [0.4, 0.5) is 4.39 Å². The SMILES string of the molecule is CCOP(O)c1ccc(F)cc1. The van der Waals surface area contributed by atoms with Crippen LogP contribution < -0.4 is 5.30 Å². The highest BCUT2D eigenvalue weighted by atomic mass is 31.2. The van der Waals surface area contributed by atoms with Gasteiger partial charge < -0.3 is 9.42 Å². The van der Waals surface area contributed by atoms with Gasteiger partial charge in [0.1, 0.15) is 5.82 Å². The second-order valence-corrected chi connectivity index (χ2v) is 3.49. The van der Waals surface area contributed by atoms with Crippen LogP contribution in [0.15, 0.2) is 24.3 Å². The molecule has 4 heteroatoms. The summed E-state index contributed by atoms with van der Waals surface area (Å²) in [6.45, 7) is 2.26. The summed E-state index contributed by atoms with van der Waals surface area (Å²) in [5.74, 6) is -0.307. The number of hydrogen-bond acceptors (Lipinski definition) is 2. The van der Waals surface area contributed by atoms with Crippen molar-refractivity contribution in [3.05, 3.63) is 30.1 Å². The molecule has 2 nitrogen and oxygen atoms in total. The second kappa shape index (κ2) is 4.51. The summed E-state index contributed by atoms with van der Waals surface area (Å²) < 4.78 is 17.4. The van der Waals surface area contributed by atoms with Gasteiger partial charge in [-0.15, -0.1) is 0 Å². The van der Waals surface area contributed by atoms with E-state index in [0.717, 1.165) is 0 Å². The number of hydrogen-bond donors (Lipinski definition) is 1. The maximum Gasteiger partial charge on any atom is 0.202 e. The van der Waals surface area contributed by atoms with Crippen LogP contribution in [0.2, 0.25) is 0 Å². The Morgan fingerprint density at radius 2 is 2.00 bits per heavy atom. The van der Waals surface area contributed by atoms with Crippen molar-refractivity contribution in [3.8, 4) is 0 Å². The molecule has 1 unspecified atom stereocenters. The van der Waals surface area contributed by atoms with Gasteiger partial charge in [0.2, 0.25) is 8.38 Å². The van der Waals surface area contributed by atoms with E-state index in [2.05, 4.69) is 0 Å². The van der Waals surface area contributed by atoms with Gasteiger partial charge in [0, 0.05) is 5.30 Å². The van der Waals surface area contributed by atoms with Crippen molar-refractivity contribution in [1.29, 1.82) is 0 Å². The third-order valence-corrected chi connectivity index (χ3v) is 2.54. The van der Waals surface area contributed by atoms with Gasteiger partial charge in [0.25, 0.3) is 0 Å². The molecule has 0 heterocycles. The minimum Gasteiger partial charge on any atom is -0.346 e. The molecule has 0 aliphatic carbocycles. The monoisotopic (exact) mass is 188 g/mol. The zero-order valence-corrected chi connectivity index (χ0v) is 7.59. The highest BCUT2D eigenvalue weighted by molar-refractivity contribution is 7.55. The van der Waals surface area contributed by atoms with Crippen LogP contribution in [-0.2, 0) is 4.52 Å². The fourth-order valence-corrected chi connectivity index (χ4v) is 1.56. The molecule has 1 N–H and O–H groups in total. The van der Waals surface area contributed by atoms with Gasteiger partial charge in [-0.25, -0.2) is 4.39 Å². The predicted octanol–water partition coefficient (Wildman–Crippen LogP) is 1.79. The van der Waals surface area contributed by atoms with E-state index in [0.29, 0.717) is 11.9 Å². The zero-order valence-electron chi connectivity index (χ0n) is 6.70. The minimum atomic E-state index is -1.55. The number of rotatable bonds is 3. The van der Waals surface area contributed by atoms with E-state index in [1.807, 2.05) is 0 Å². The average molecular weight is 188 g/mol. The van der Waals surface area contributed by atoms with Crippen LogP contribution in [0.1, 0.15) is 6.92 Å². The summed E-state index contributed by atoms with van der Waals surface area (Å²) in [4.78, 5) is 9.33. The Kier molecular flexibility index (Phi) is 3.60. The van der Waals surface area contributed by atoms with Crippen LogP contribution >= 0.6 is 8.38 Å². The summed E-state index contributed by atoms with van der Waals surface area (Å²) in [7, 11) is -1.55. The molecule has 0 bridgehead atoms. The molecule has 12 heavy (non-hydrogen) atoms. The Morgan fingerprint density at radius 3 is 2.50 bits per heavy atom. The molecule has 66 valence electrons. The first kappa shape index (κ1) is 9.59. The standard InChI is InChI=1S/C8H10FO2P/c1-2-11-12(10)8-5-3-7(9)4-6-8/h3-6,10H,2H2,1H3. The van der Waals surface area contributed by atoms with E-state index in [1.54, 1.807) is 6.92 Å². The average Bonchev–Trinajstić information content (AvgIpc) is 2.06. The Hall–Kier alpha value is -0.500. The molecule has 0 saturated heterocycles. The van der Waals surface area contributed by atoms with Gasteiger partial charge in [-0.3, -0.25) is 0 Å². The van der Waals surface area contributed by atoms with E-state index in [1.165, 1.54) is 24.3 Å². The summed E-state index contributed by atoms with van der Waals surface area (Å²) in [5, 5.41) is 0.633. The maximum absolute atomic E-state index is 12.4. The van der Waals surface area contributed by atoms with Crippen molar-refractivity contribution in [3.63, 3.8) is 0 Å². The molecule has 0 amide bonds. The van der Waals surface area contributed by atoms with Crippen LogP contribution in [0.25, 0.3) is 0 Å². The highest BCUT2D eigenvalue weighted by Gasteiger charge is 2.06. The van der Waals surface area contributed by atoms with Crippen molar-refractivity contribution in [2.75, 3.05) is 6.61 Å². The van der Waals surface area contributed by atoms with Crippen molar-refractivity contribution < 1.29 is 13.8 Å². The van der Waals surface area contributed by atoms with Crippen LogP contribution in [0, 0.1) is 5.82 Å². The third kappa shape index (κ3) is 2.52. The van der Waals surface area contributed by atoms with Gasteiger partial charge in [-0.2, -0.15) is 0 Å². The van der Waals surface area contributed by atoms with Gasteiger partial charge in [-0.1, -0.05) is 0 Å². The Labute approximate surface area is 71.9 Å². The molecule has 0 saturated carbocycles. The van der Waals surface area contributed by atoms with Crippen LogP contribution in [0.3, 0.4) is 0 Å². The Bertz CT molecular complexity index is 237. The lowest BCUT2D eigenvalue weighted by molar-refractivity contribution is 0.337. The first-order valence-electron chi connectivity index (χ1n) is 3.61. The summed E-state index contributed by atoms with van der Waals surface area (Å²) in [6.07, 6.45) is 0. The molecular formula is C8H10FO2P. The first-order valence-corrected chi connectivity index (χ1v) is 4.82. The smallest absolute Gasteiger partial charge is 0.202 e. The fraction of sp³-hybridized carbons (Fsp3) is 0.250. The predicted molar refractivity (Wildman–Crippen MR) is 46.8 cm³/mol. The van der Waals surface area contributed by atoms with Gasteiger partial charge in [0.15, 0.2) is 0 Å². The summed E-state index contributed by atoms with van der Waals surface area (Å²) in [6, 6.07) is 5.66. The van der Waals surface area contributed by atoms with E-state index in [9.17, 15) is 9.28 Å². The lowest BCUT2D eigenvalue weighted by atomic mass is 10.4. The second-order valence-electron chi connectivity index (χ2n) is 2.17. The zero-order chi connectivity index (χ0) is 8.97. The Morgan fingerprint density at radius 1 is 1.42 bits per heavy atom. The highest BCUT2D eigenvalue weighted by Crippen LogP contribution is 2.29. The first-order chi connectivity index (χ1) is 5.74. The lowest BCUT2D eigenvalue weighted by Crippen LogP contribution is -2.02. The van der Waals surface area contributed by atoms with Crippen LogP contribution in [0.5, 0.6) is 0 Å². The largest absolute Gasteiger partial charge is 0.346 e. The molecule has 0 aromatic heterocycles. The Balaban J connectivity index is 2.68. The maximum atomic E-state index is 12.4. The molecule has 0 aliphatic rings. The summed E-state index contributed by atoms with van der Waals surface area (Å²) >= 11 is 0. The van der Waals surface area contributed by atoms with Crippen molar-refractivity contribution in [2.24, 2.45) is 0 Å². The molecule has 1 aromatic carbocycles. The molecule has 0 aliphatic heterocycles. The summed E-state index contributed by atoms with van der Waals surface area (Å²) in [5.41, 5.74) is 0. The van der Waals surface area contributed by atoms with E-state index < -0.39 is 8.38 Å². The molecule has 0 radical (unpaired) electrons.